The van der Waals surface area contributed by atoms with Gasteiger partial charge in [-0.15, -0.1) is 0 Å². The molecule has 0 aliphatic heterocycles. The van der Waals surface area contributed by atoms with Crippen molar-refractivity contribution in [3.63, 3.8) is 0 Å². The first-order valence-electron chi connectivity index (χ1n) is 6.88. The first kappa shape index (κ1) is 17.3. The maximum atomic E-state index is 11.3. The molecule has 0 saturated heterocycles. The number of hydrogen-bond acceptors (Lipinski definition) is 5. The summed E-state index contributed by atoms with van der Waals surface area (Å²) in [5.74, 6) is 1.50. The number of ether oxygens (including phenoxy) is 2. The highest BCUT2D eigenvalue weighted by molar-refractivity contribution is 5.75. The highest BCUT2D eigenvalue weighted by Gasteiger charge is 2.07. The zero-order valence-electron chi connectivity index (χ0n) is 12.8. The Morgan fingerprint density at radius 3 is 2.48 bits per heavy atom. The third kappa shape index (κ3) is 6.97. The predicted molar refractivity (Wildman–Crippen MR) is 80.7 cm³/mol. The Hall–Kier alpha value is -1.79. The van der Waals surface area contributed by atoms with Gasteiger partial charge < -0.3 is 24.8 Å². The van der Waals surface area contributed by atoms with E-state index in [2.05, 4.69) is 5.32 Å². The first-order chi connectivity index (χ1) is 10.0. The molecule has 0 heterocycles. The number of aliphatic hydroxyl groups is 1. The summed E-state index contributed by atoms with van der Waals surface area (Å²) >= 11 is 0. The zero-order valence-corrected chi connectivity index (χ0v) is 12.8. The van der Waals surface area contributed by atoms with Crippen molar-refractivity contribution in [2.75, 3.05) is 40.9 Å². The monoisotopic (exact) mass is 296 g/mol. The van der Waals surface area contributed by atoms with E-state index < -0.39 is 6.10 Å². The molecule has 0 aliphatic rings. The molecule has 118 valence electrons. The summed E-state index contributed by atoms with van der Waals surface area (Å²) in [6, 6.07) is 7.17. The quantitative estimate of drug-likeness (QED) is 0.650. The van der Waals surface area contributed by atoms with Gasteiger partial charge in [-0.2, -0.15) is 0 Å². The molecule has 0 saturated carbocycles. The van der Waals surface area contributed by atoms with Gasteiger partial charge in [0.1, 0.15) is 24.2 Å². The molecule has 6 nitrogen and oxygen atoms in total. The number of aliphatic hydroxyl groups excluding tert-OH is 1. The van der Waals surface area contributed by atoms with Gasteiger partial charge in [0.25, 0.3) is 0 Å². The molecule has 0 spiro atoms. The summed E-state index contributed by atoms with van der Waals surface area (Å²) in [6.07, 6.45) is -0.208. The fourth-order valence-corrected chi connectivity index (χ4v) is 1.61. The molecule has 6 heteroatoms. The second-order valence-corrected chi connectivity index (χ2v) is 4.88. The van der Waals surface area contributed by atoms with Gasteiger partial charge in [-0.05, 0) is 24.3 Å². The summed E-state index contributed by atoms with van der Waals surface area (Å²) in [4.78, 5) is 12.9. The van der Waals surface area contributed by atoms with Crippen molar-refractivity contribution in [2.45, 2.75) is 12.5 Å². The van der Waals surface area contributed by atoms with Crippen LogP contribution in [0.1, 0.15) is 6.42 Å². The van der Waals surface area contributed by atoms with E-state index in [-0.39, 0.29) is 12.5 Å². The lowest BCUT2D eigenvalue weighted by atomic mass is 10.3. The van der Waals surface area contributed by atoms with Gasteiger partial charge in [0.15, 0.2) is 0 Å². The molecule has 1 aromatic rings. The van der Waals surface area contributed by atoms with Crippen LogP contribution in [-0.4, -0.2) is 62.9 Å². The van der Waals surface area contributed by atoms with Crippen LogP contribution in [0, 0.1) is 0 Å². The maximum Gasteiger partial charge on any atom is 0.223 e. The second kappa shape index (κ2) is 9.20. The summed E-state index contributed by atoms with van der Waals surface area (Å²) in [5.41, 5.74) is 0. The number of nitrogens with one attached hydrogen (secondary N) is 1. The molecule has 0 aromatic heterocycles. The van der Waals surface area contributed by atoms with Crippen molar-refractivity contribution in [3.05, 3.63) is 24.3 Å². The van der Waals surface area contributed by atoms with Crippen molar-refractivity contribution in [1.82, 2.24) is 10.2 Å². The molecule has 0 fully saturated rings. The van der Waals surface area contributed by atoms with E-state index in [9.17, 15) is 9.90 Å². The number of carbonyl (C=O) groups excluding carboxylic acids is 1. The molecule has 1 unspecified atom stereocenters. The Kier molecular flexibility index (Phi) is 7.56. The van der Waals surface area contributed by atoms with E-state index in [0.717, 1.165) is 5.75 Å². The van der Waals surface area contributed by atoms with Crippen LogP contribution in [-0.2, 0) is 4.79 Å². The van der Waals surface area contributed by atoms with Crippen molar-refractivity contribution < 1.29 is 19.4 Å². The first-order valence-corrected chi connectivity index (χ1v) is 6.88. The Balaban J connectivity index is 2.15. The Morgan fingerprint density at radius 2 is 1.90 bits per heavy atom. The number of nitrogens with zero attached hydrogens (tertiary/aromatic N) is 1. The van der Waals surface area contributed by atoms with E-state index in [1.54, 1.807) is 50.4 Å². The summed E-state index contributed by atoms with van der Waals surface area (Å²) in [5, 5.41) is 12.8. The third-order valence-electron chi connectivity index (χ3n) is 2.90. The highest BCUT2D eigenvalue weighted by atomic mass is 16.5. The SMILES string of the molecule is COc1ccc(OCC(O)CNCCC(=O)N(C)C)cc1. The van der Waals surface area contributed by atoms with Gasteiger partial charge in [-0.3, -0.25) is 4.79 Å². The van der Waals surface area contributed by atoms with E-state index in [1.165, 1.54) is 0 Å². The molecule has 0 bridgehead atoms. The minimum Gasteiger partial charge on any atom is -0.497 e. The molecule has 1 amide bonds. The van der Waals surface area contributed by atoms with Crippen LogP contribution < -0.4 is 14.8 Å². The average Bonchev–Trinajstić information content (AvgIpc) is 2.49. The van der Waals surface area contributed by atoms with Crippen LogP contribution in [0.3, 0.4) is 0 Å². The number of rotatable bonds is 9. The third-order valence-corrected chi connectivity index (χ3v) is 2.90. The van der Waals surface area contributed by atoms with Crippen molar-refractivity contribution in [3.8, 4) is 11.5 Å². The minimum atomic E-state index is -0.624. The van der Waals surface area contributed by atoms with E-state index in [4.69, 9.17) is 9.47 Å². The number of methoxy groups -OCH3 is 1. The van der Waals surface area contributed by atoms with Gasteiger partial charge in [-0.1, -0.05) is 0 Å². The molecular formula is C15H24N2O4. The number of amides is 1. The molecule has 2 N–H and O–H groups in total. The number of carbonyl (C=O) groups is 1. The molecule has 0 aliphatic carbocycles. The normalized spacial score (nSPS) is 11.8. The van der Waals surface area contributed by atoms with Gasteiger partial charge in [-0.25, -0.2) is 0 Å². The van der Waals surface area contributed by atoms with Gasteiger partial charge in [0.05, 0.1) is 7.11 Å². The lowest BCUT2D eigenvalue weighted by Gasteiger charge is -2.14. The van der Waals surface area contributed by atoms with Crippen LogP contribution in [0.2, 0.25) is 0 Å². The number of benzene rings is 1. The van der Waals surface area contributed by atoms with Crippen LogP contribution >= 0.6 is 0 Å². The van der Waals surface area contributed by atoms with E-state index in [0.29, 0.717) is 25.3 Å². The predicted octanol–water partition coefficient (Wildman–Crippen LogP) is 0.503. The summed E-state index contributed by atoms with van der Waals surface area (Å²) in [6.45, 7) is 1.12. The lowest BCUT2D eigenvalue weighted by Crippen LogP contribution is -2.34. The Bertz CT molecular complexity index is 420. The van der Waals surface area contributed by atoms with Crippen molar-refractivity contribution in [2.24, 2.45) is 0 Å². The summed E-state index contributed by atoms with van der Waals surface area (Å²) in [7, 11) is 5.05. The molecule has 1 aromatic carbocycles. The molecule has 1 atom stereocenters. The van der Waals surface area contributed by atoms with Crippen molar-refractivity contribution >= 4 is 5.91 Å². The van der Waals surface area contributed by atoms with E-state index in [1.807, 2.05) is 0 Å². The fourth-order valence-electron chi connectivity index (χ4n) is 1.61. The van der Waals surface area contributed by atoms with Gasteiger partial charge in [0.2, 0.25) is 5.91 Å². The van der Waals surface area contributed by atoms with Crippen LogP contribution in [0.5, 0.6) is 11.5 Å². The Labute approximate surface area is 125 Å². The lowest BCUT2D eigenvalue weighted by molar-refractivity contribution is -0.128. The topological polar surface area (TPSA) is 71.0 Å². The minimum absolute atomic E-state index is 0.0615. The molecule has 0 radical (unpaired) electrons. The van der Waals surface area contributed by atoms with Crippen LogP contribution in [0.25, 0.3) is 0 Å². The number of hydrogen-bond donors (Lipinski definition) is 2. The maximum absolute atomic E-state index is 11.3. The largest absolute Gasteiger partial charge is 0.497 e. The zero-order chi connectivity index (χ0) is 15.7. The average molecular weight is 296 g/mol. The smallest absolute Gasteiger partial charge is 0.223 e. The highest BCUT2D eigenvalue weighted by Crippen LogP contribution is 2.16. The van der Waals surface area contributed by atoms with Gasteiger partial charge >= 0.3 is 0 Å². The van der Waals surface area contributed by atoms with Crippen LogP contribution in [0.15, 0.2) is 24.3 Å². The van der Waals surface area contributed by atoms with E-state index >= 15 is 0 Å². The van der Waals surface area contributed by atoms with Crippen LogP contribution in [0.4, 0.5) is 0 Å². The standard InChI is InChI=1S/C15H24N2O4/c1-17(2)15(19)8-9-16-10-12(18)11-21-14-6-4-13(20-3)5-7-14/h4-7,12,16,18H,8-11H2,1-3H3. The fraction of sp³-hybridized carbons (Fsp3) is 0.533. The molecule has 21 heavy (non-hydrogen) atoms. The van der Waals surface area contributed by atoms with Gasteiger partial charge in [0, 0.05) is 33.6 Å². The molecular weight excluding hydrogens is 272 g/mol. The molecule has 1 rings (SSSR count). The summed E-state index contributed by atoms with van der Waals surface area (Å²) < 4.78 is 10.5. The Morgan fingerprint density at radius 1 is 1.29 bits per heavy atom. The van der Waals surface area contributed by atoms with Crippen molar-refractivity contribution in [1.29, 1.82) is 0 Å². The second-order valence-electron chi connectivity index (χ2n) is 4.88.